The van der Waals surface area contributed by atoms with E-state index in [9.17, 15) is 5.11 Å². The molecular weight excluding hydrogens is 291 g/mol. The monoisotopic (exact) mass is 307 g/mol. The Morgan fingerprint density at radius 2 is 1.55 bits per heavy atom. The minimum atomic E-state index is -0.250. The molecule has 2 aromatic rings. The maximum absolute atomic E-state index is 12.3. The van der Waals surface area contributed by atoms with Gasteiger partial charge in [0.05, 0.1) is 5.95 Å². The number of hydrogen-bond donors (Lipinski definition) is 0. The van der Waals surface area contributed by atoms with Gasteiger partial charge in [-0.05, 0) is 23.5 Å². The Morgan fingerprint density at radius 3 is 2.14 bits per heavy atom. The molecule has 0 spiro atoms. The highest BCUT2D eigenvalue weighted by atomic mass is 31.1. The topological polar surface area (TPSA) is 32.3 Å². The van der Waals surface area contributed by atoms with Crippen molar-refractivity contribution in [1.29, 1.82) is 0 Å². The van der Waals surface area contributed by atoms with Crippen molar-refractivity contribution in [2.75, 3.05) is 6.61 Å². The lowest BCUT2D eigenvalue weighted by molar-refractivity contribution is -0.357. The van der Waals surface area contributed by atoms with E-state index < -0.39 is 0 Å². The van der Waals surface area contributed by atoms with Gasteiger partial charge in [-0.25, -0.2) is 0 Å². The summed E-state index contributed by atoms with van der Waals surface area (Å²) in [4.78, 5) is 0. The summed E-state index contributed by atoms with van der Waals surface area (Å²) in [6.07, 6.45) is 0. The number of ether oxygens (including phenoxy) is 1. The Morgan fingerprint density at radius 1 is 0.955 bits per heavy atom. The zero-order chi connectivity index (χ0) is 15.4. The average molecular weight is 307 g/mol. The van der Waals surface area contributed by atoms with Gasteiger partial charge in [0.15, 0.2) is 0 Å². The molecule has 0 aliphatic carbocycles. The maximum Gasteiger partial charge on any atom is 0.0597 e. The third-order valence-electron chi connectivity index (χ3n) is 3.43. The fourth-order valence-electron chi connectivity index (χ4n) is 2.46. The molecule has 22 heavy (non-hydrogen) atoms. The zero-order valence-electron chi connectivity index (χ0n) is 12.3. The third-order valence-corrected chi connectivity index (χ3v) is 4.56. The molecule has 1 aliphatic heterocycles. The SMILES string of the molecule is CCOC([O-])=C1C=PC(c2ccccc2)=C1c1ccccc1. The van der Waals surface area contributed by atoms with E-state index >= 15 is 0 Å². The molecule has 0 atom stereocenters. The first-order valence-electron chi connectivity index (χ1n) is 7.25. The van der Waals surface area contributed by atoms with Gasteiger partial charge in [0.1, 0.15) is 0 Å². The molecule has 0 bridgehead atoms. The molecule has 1 aliphatic rings. The molecular formula is C19H16O2P-. The van der Waals surface area contributed by atoms with Crippen LogP contribution in [0, 0.1) is 0 Å². The molecule has 3 heteroatoms. The summed E-state index contributed by atoms with van der Waals surface area (Å²) in [6, 6.07) is 20.2. The van der Waals surface area contributed by atoms with Gasteiger partial charge in [-0.3, -0.25) is 0 Å². The highest BCUT2D eigenvalue weighted by Gasteiger charge is 2.19. The van der Waals surface area contributed by atoms with Crippen LogP contribution in [0.4, 0.5) is 0 Å². The summed E-state index contributed by atoms with van der Waals surface area (Å²) in [5.41, 5.74) is 3.82. The Labute approximate surface area is 132 Å². The van der Waals surface area contributed by atoms with Crippen LogP contribution in [-0.2, 0) is 4.74 Å². The lowest BCUT2D eigenvalue weighted by Crippen LogP contribution is -2.12. The second kappa shape index (κ2) is 6.64. The van der Waals surface area contributed by atoms with Crippen LogP contribution in [0.3, 0.4) is 0 Å². The van der Waals surface area contributed by atoms with Gasteiger partial charge >= 0.3 is 0 Å². The van der Waals surface area contributed by atoms with Crippen LogP contribution >= 0.6 is 8.20 Å². The Hall–Kier alpha value is -2.31. The van der Waals surface area contributed by atoms with Crippen molar-refractivity contribution in [3.05, 3.63) is 83.3 Å². The second-order valence-corrected chi connectivity index (χ2v) is 5.81. The lowest BCUT2D eigenvalue weighted by atomic mass is 9.97. The van der Waals surface area contributed by atoms with E-state index in [1.54, 1.807) is 0 Å². The highest BCUT2D eigenvalue weighted by molar-refractivity contribution is 7.52. The van der Waals surface area contributed by atoms with Gasteiger partial charge in [0, 0.05) is 16.5 Å². The molecule has 0 aromatic heterocycles. The van der Waals surface area contributed by atoms with E-state index in [4.69, 9.17) is 4.74 Å². The highest BCUT2D eigenvalue weighted by Crippen LogP contribution is 2.44. The molecule has 0 saturated carbocycles. The number of benzene rings is 2. The van der Waals surface area contributed by atoms with Crippen molar-refractivity contribution in [3.8, 4) is 0 Å². The van der Waals surface area contributed by atoms with Crippen LogP contribution < -0.4 is 5.11 Å². The Bertz CT molecular complexity index is 744. The summed E-state index contributed by atoms with van der Waals surface area (Å²) >= 11 is 0. The van der Waals surface area contributed by atoms with E-state index in [1.807, 2.05) is 61.3 Å². The van der Waals surface area contributed by atoms with Gasteiger partial charge in [-0.1, -0.05) is 75.8 Å². The fraction of sp³-hybridized carbons (Fsp3) is 0.105. The van der Waals surface area contributed by atoms with Crippen molar-refractivity contribution >= 4 is 24.9 Å². The van der Waals surface area contributed by atoms with Gasteiger partial charge in [-0.2, -0.15) is 0 Å². The molecule has 0 saturated heterocycles. The first-order chi connectivity index (χ1) is 10.8. The standard InChI is InChI=1S/C19H17O2P/c1-2-21-19(20)16-13-22-18(15-11-7-4-8-12-15)17(16)14-9-5-3-6-10-14/h3-13,20H,2H2,1H3/p-1. The minimum absolute atomic E-state index is 0.250. The molecule has 2 aromatic carbocycles. The van der Waals surface area contributed by atoms with Crippen molar-refractivity contribution in [2.45, 2.75) is 6.92 Å². The summed E-state index contributed by atoms with van der Waals surface area (Å²) in [7, 11) is 1.03. The van der Waals surface area contributed by atoms with Crippen LogP contribution in [0.15, 0.2) is 72.2 Å². The van der Waals surface area contributed by atoms with E-state index in [-0.39, 0.29) is 5.95 Å². The van der Waals surface area contributed by atoms with E-state index in [1.165, 1.54) is 0 Å². The quantitative estimate of drug-likeness (QED) is 0.633. The van der Waals surface area contributed by atoms with Crippen LogP contribution in [0.2, 0.25) is 0 Å². The minimum Gasteiger partial charge on any atom is -0.613 e. The third kappa shape index (κ3) is 2.84. The lowest BCUT2D eigenvalue weighted by Gasteiger charge is -2.18. The molecule has 0 amide bonds. The Kier molecular flexibility index (Phi) is 4.41. The van der Waals surface area contributed by atoms with Crippen LogP contribution in [0.25, 0.3) is 10.9 Å². The summed E-state index contributed by atoms with van der Waals surface area (Å²) in [6.45, 7) is 2.21. The first kappa shape index (κ1) is 14.6. The van der Waals surface area contributed by atoms with E-state index in [0.717, 1.165) is 30.2 Å². The summed E-state index contributed by atoms with van der Waals surface area (Å²) in [5.74, 6) is 1.70. The molecule has 0 N–H and O–H groups in total. The van der Waals surface area contributed by atoms with Crippen molar-refractivity contribution in [3.63, 3.8) is 0 Å². The van der Waals surface area contributed by atoms with Gasteiger partial charge < -0.3 is 9.84 Å². The Balaban J connectivity index is 2.19. The number of hydrogen-bond acceptors (Lipinski definition) is 2. The van der Waals surface area contributed by atoms with Crippen molar-refractivity contribution in [2.24, 2.45) is 0 Å². The smallest absolute Gasteiger partial charge is 0.0597 e. The predicted octanol–water partition coefficient (Wildman–Crippen LogP) is 3.93. The largest absolute Gasteiger partial charge is 0.613 e. The van der Waals surface area contributed by atoms with Gasteiger partial charge in [0.25, 0.3) is 0 Å². The first-order valence-corrected chi connectivity index (χ1v) is 8.21. The fourth-order valence-corrected chi connectivity index (χ4v) is 3.63. The second-order valence-electron chi connectivity index (χ2n) is 4.85. The molecule has 1 heterocycles. The zero-order valence-corrected chi connectivity index (χ0v) is 13.2. The maximum atomic E-state index is 12.3. The molecule has 0 unspecified atom stereocenters. The average Bonchev–Trinajstić information content (AvgIpc) is 3.02. The van der Waals surface area contributed by atoms with Crippen LogP contribution in [-0.4, -0.2) is 12.4 Å². The summed E-state index contributed by atoms with van der Waals surface area (Å²) in [5, 5.41) is 13.4. The molecule has 0 fully saturated rings. The summed E-state index contributed by atoms with van der Waals surface area (Å²) < 4.78 is 5.22. The van der Waals surface area contributed by atoms with Crippen LogP contribution in [0.5, 0.6) is 0 Å². The van der Waals surface area contributed by atoms with E-state index in [2.05, 4.69) is 12.1 Å². The van der Waals surface area contributed by atoms with E-state index in [0.29, 0.717) is 12.2 Å². The normalized spacial score (nSPS) is 16.8. The van der Waals surface area contributed by atoms with Gasteiger partial charge in [0.2, 0.25) is 0 Å². The molecule has 0 radical (unpaired) electrons. The predicted molar refractivity (Wildman–Crippen MR) is 91.3 cm³/mol. The molecule has 2 nitrogen and oxygen atoms in total. The van der Waals surface area contributed by atoms with Crippen molar-refractivity contribution in [1.82, 2.24) is 0 Å². The molecule has 110 valence electrons. The number of rotatable bonds is 4. The van der Waals surface area contributed by atoms with Crippen molar-refractivity contribution < 1.29 is 9.84 Å². The van der Waals surface area contributed by atoms with Crippen LogP contribution in [0.1, 0.15) is 18.1 Å². The van der Waals surface area contributed by atoms with Gasteiger partial charge in [-0.15, -0.1) is 0 Å². The molecule has 3 rings (SSSR count). The number of allylic oxidation sites excluding steroid dienone is 2.